The summed E-state index contributed by atoms with van der Waals surface area (Å²) >= 11 is 0. The zero-order valence-corrected chi connectivity index (χ0v) is 10.5. The van der Waals surface area contributed by atoms with Crippen LogP contribution in [0, 0.1) is 21.4 Å². The van der Waals surface area contributed by atoms with Gasteiger partial charge in [-0.05, 0) is 6.92 Å². The first-order valence-electron chi connectivity index (χ1n) is 5.71. The van der Waals surface area contributed by atoms with Gasteiger partial charge in [-0.15, -0.1) is 0 Å². The van der Waals surface area contributed by atoms with Crippen molar-refractivity contribution < 1.29 is 10.0 Å². The normalized spacial score (nSPS) is 11.6. The molecular formula is C11H15N5O3. The Morgan fingerprint density at radius 2 is 2.37 bits per heavy atom. The van der Waals surface area contributed by atoms with Crippen LogP contribution in [0.1, 0.15) is 12.5 Å². The van der Waals surface area contributed by atoms with Crippen molar-refractivity contribution in [1.82, 2.24) is 10.3 Å². The van der Waals surface area contributed by atoms with Gasteiger partial charge >= 0.3 is 5.69 Å². The molecule has 0 radical (unpaired) electrons. The van der Waals surface area contributed by atoms with Crippen LogP contribution in [0.25, 0.3) is 0 Å². The monoisotopic (exact) mass is 265 g/mol. The molecule has 0 aromatic carbocycles. The lowest BCUT2D eigenvalue weighted by Gasteiger charge is -2.08. The molecule has 0 aliphatic heterocycles. The van der Waals surface area contributed by atoms with Gasteiger partial charge in [-0.3, -0.25) is 10.1 Å². The number of aromatic nitrogens is 1. The molecule has 102 valence electrons. The van der Waals surface area contributed by atoms with Gasteiger partial charge in [-0.1, -0.05) is 0 Å². The van der Waals surface area contributed by atoms with Crippen LogP contribution in [0.2, 0.25) is 0 Å². The summed E-state index contributed by atoms with van der Waals surface area (Å²) in [6.07, 6.45) is 0.834. The van der Waals surface area contributed by atoms with E-state index in [9.17, 15) is 10.1 Å². The van der Waals surface area contributed by atoms with Crippen LogP contribution in [-0.2, 0) is 0 Å². The molecule has 8 heteroatoms. The highest BCUT2D eigenvalue weighted by Crippen LogP contribution is 2.21. The van der Waals surface area contributed by atoms with Crippen molar-refractivity contribution in [3.63, 3.8) is 0 Å². The second-order valence-electron chi connectivity index (χ2n) is 3.94. The molecule has 0 saturated heterocycles. The molecule has 1 atom stereocenters. The van der Waals surface area contributed by atoms with Gasteiger partial charge in [0.2, 0.25) is 5.82 Å². The predicted molar refractivity (Wildman–Crippen MR) is 68.6 cm³/mol. The summed E-state index contributed by atoms with van der Waals surface area (Å²) in [6.45, 7) is 3.06. The van der Waals surface area contributed by atoms with Crippen molar-refractivity contribution in [2.24, 2.45) is 0 Å². The van der Waals surface area contributed by atoms with Crippen LogP contribution in [0.15, 0.2) is 12.3 Å². The number of nitriles is 1. The zero-order valence-electron chi connectivity index (χ0n) is 10.5. The van der Waals surface area contributed by atoms with Crippen molar-refractivity contribution >= 4 is 11.5 Å². The van der Waals surface area contributed by atoms with Crippen LogP contribution in [0.5, 0.6) is 0 Å². The van der Waals surface area contributed by atoms with E-state index in [2.05, 4.69) is 15.6 Å². The maximum atomic E-state index is 10.8. The van der Waals surface area contributed by atoms with E-state index in [1.807, 2.05) is 0 Å². The first-order valence-corrected chi connectivity index (χ1v) is 5.71. The molecule has 1 unspecified atom stereocenters. The number of anilines is 1. The lowest BCUT2D eigenvalue weighted by molar-refractivity contribution is -0.384. The Labute approximate surface area is 110 Å². The van der Waals surface area contributed by atoms with Crippen molar-refractivity contribution in [1.29, 1.82) is 5.26 Å². The summed E-state index contributed by atoms with van der Waals surface area (Å²) < 4.78 is 0. The molecule has 0 aliphatic carbocycles. The SMILES string of the molecule is CC(O)CNCCNc1ncc(C#N)cc1[N+](=O)[O-]. The molecule has 8 nitrogen and oxygen atoms in total. The molecule has 1 aromatic rings. The zero-order chi connectivity index (χ0) is 14.3. The maximum absolute atomic E-state index is 10.8. The minimum Gasteiger partial charge on any atom is -0.392 e. The van der Waals surface area contributed by atoms with E-state index >= 15 is 0 Å². The molecule has 19 heavy (non-hydrogen) atoms. The molecule has 1 aromatic heterocycles. The fourth-order valence-electron chi connectivity index (χ4n) is 1.37. The third-order valence-electron chi connectivity index (χ3n) is 2.23. The number of aliphatic hydroxyl groups excluding tert-OH is 1. The highest BCUT2D eigenvalue weighted by molar-refractivity contribution is 5.58. The van der Waals surface area contributed by atoms with Gasteiger partial charge in [-0.25, -0.2) is 4.98 Å². The van der Waals surface area contributed by atoms with E-state index in [1.165, 1.54) is 12.3 Å². The number of hydrogen-bond acceptors (Lipinski definition) is 7. The Morgan fingerprint density at radius 3 is 2.95 bits per heavy atom. The lowest BCUT2D eigenvalue weighted by Crippen LogP contribution is -2.29. The van der Waals surface area contributed by atoms with Crippen LogP contribution in [0.3, 0.4) is 0 Å². The third kappa shape index (κ3) is 4.87. The van der Waals surface area contributed by atoms with Crippen molar-refractivity contribution in [2.75, 3.05) is 25.0 Å². The Morgan fingerprint density at radius 1 is 1.63 bits per heavy atom. The van der Waals surface area contributed by atoms with Crippen molar-refractivity contribution in [3.8, 4) is 6.07 Å². The van der Waals surface area contributed by atoms with Gasteiger partial charge in [0, 0.05) is 31.9 Å². The van der Waals surface area contributed by atoms with Gasteiger partial charge in [0.15, 0.2) is 0 Å². The molecular weight excluding hydrogens is 250 g/mol. The average molecular weight is 265 g/mol. The van der Waals surface area contributed by atoms with Crippen LogP contribution in [0.4, 0.5) is 11.5 Å². The summed E-state index contributed by atoms with van der Waals surface area (Å²) in [6, 6.07) is 2.98. The fourth-order valence-corrected chi connectivity index (χ4v) is 1.37. The highest BCUT2D eigenvalue weighted by atomic mass is 16.6. The first kappa shape index (κ1) is 14.8. The topological polar surface area (TPSA) is 124 Å². The Hall–Kier alpha value is -2.24. The summed E-state index contributed by atoms with van der Waals surface area (Å²) in [7, 11) is 0. The molecule has 0 bridgehead atoms. The number of pyridine rings is 1. The summed E-state index contributed by atoms with van der Waals surface area (Å²) in [4.78, 5) is 14.1. The third-order valence-corrected chi connectivity index (χ3v) is 2.23. The molecule has 0 saturated carbocycles. The van der Waals surface area contributed by atoms with E-state index in [4.69, 9.17) is 10.4 Å². The molecule has 0 spiro atoms. The largest absolute Gasteiger partial charge is 0.392 e. The first-order chi connectivity index (χ1) is 9.04. The number of hydrogen-bond donors (Lipinski definition) is 3. The smallest absolute Gasteiger partial charge is 0.312 e. The average Bonchev–Trinajstić information content (AvgIpc) is 2.38. The van der Waals surface area contributed by atoms with Gasteiger partial charge in [0.05, 0.1) is 16.6 Å². The lowest BCUT2D eigenvalue weighted by atomic mass is 10.3. The second-order valence-corrected chi connectivity index (χ2v) is 3.94. The number of rotatable bonds is 7. The minimum absolute atomic E-state index is 0.128. The van der Waals surface area contributed by atoms with Crippen molar-refractivity contribution in [2.45, 2.75) is 13.0 Å². The van der Waals surface area contributed by atoms with E-state index in [0.717, 1.165) is 0 Å². The van der Waals surface area contributed by atoms with Gasteiger partial charge in [0.1, 0.15) is 6.07 Å². The molecule has 1 heterocycles. The molecule has 0 aliphatic rings. The molecule has 0 fully saturated rings. The van der Waals surface area contributed by atoms with Crippen LogP contribution >= 0.6 is 0 Å². The highest BCUT2D eigenvalue weighted by Gasteiger charge is 2.15. The minimum atomic E-state index is -0.584. The van der Waals surface area contributed by atoms with E-state index < -0.39 is 11.0 Å². The number of nitro groups is 1. The van der Waals surface area contributed by atoms with Gasteiger partial charge < -0.3 is 15.7 Å². The van der Waals surface area contributed by atoms with Gasteiger partial charge in [0.25, 0.3) is 0 Å². The standard InChI is InChI=1S/C11H15N5O3/c1-8(17)6-13-2-3-14-11-10(16(18)19)4-9(5-12)7-15-11/h4,7-8,13,17H,2-3,6H2,1H3,(H,14,15). The summed E-state index contributed by atoms with van der Waals surface area (Å²) in [5.74, 6) is 0.128. The molecule has 3 N–H and O–H groups in total. The Bertz CT molecular complexity index is 484. The van der Waals surface area contributed by atoms with Crippen molar-refractivity contribution in [3.05, 3.63) is 27.9 Å². The van der Waals surface area contributed by atoms with E-state index in [0.29, 0.717) is 19.6 Å². The fraction of sp³-hybridized carbons (Fsp3) is 0.455. The number of aliphatic hydroxyl groups is 1. The number of nitrogens with one attached hydrogen (secondary N) is 2. The number of nitrogens with zero attached hydrogens (tertiary/aromatic N) is 3. The predicted octanol–water partition coefficient (Wildman–Crippen LogP) is 0.244. The Balaban J connectivity index is 2.58. The van der Waals surface area contributed by atoms with Crippen LogP contribution < -0.4 is 10.6 Å². The molecule has 1 rings (SSSR count). The quantitative estimate of drug-likeness (QED) is 0.366. The summed E-state index contributed by atoms with van der Waals surface area (Å²) in [5.41, 5.74) is -0.0842. The second kappa shape index (κ2) is 7.25. The Kier molecular flexibility index (Phi) is 5.66. The van der Waals surface area contributed by atoms with Gasteiger partial charge in [-0.2, -0.15) is 5.26 Å². The van der Waals surface area contributed by atoms with E-state index in [1.54, 1.807) is 13.0 Å². The van der Waals surface area contributed by atoms with E-state index in [-0.39, 0.29) is 17.1 Å². The van der Waals surface area contributed by atoms with Crippen LogP contribution in [-0.4, -0.2) is 40.8 Å². The maximum Gasteiger partial charge on any atom is 0.312 e. The molecule has 0 amide bonds. The summed E-state index contributed by atoms with van der Waals surface area (Å²) in [5, 5.41) is 34.3.